The minimum Gasteiger partial charge on any atom is -0.349 e. The summed E-state index contributed by atoms with van der Waals surface area (Å²) in [5.74, 6) is 0.977. The Kier molecular flexibility index (Phi) is 4.61. The summed E-state index contributed by atoms with van der Waals surface area (Å²) < 4.78 is 0. The second-order valence-corrected chi connectivity index (χ2v) is 6.44. The van der Waals surface area contributed by atoms with Gasteiger partial charge in [-0.1, -0.05) is 42.5 Å². The normalized spacial score (nSPS) is 16.5. The Labute approximate surface area is 130 Å². The molecule has 0 bridgehead atoms. The number of aryl methyl sites for hydroxylation is 1. The molecule has 0 saturated carbocycles. The Morgan fingerprint density at radius 2 is 1.86 bits per heavy atom. The number of hydrogen-bond donors (Lipinski definition) is 1. The third-order valence-corrected chi connectivity index (χ3v) is 4.82. The molecule has 0 saturated heterocycles. The molecule has 2 aromatic rings. The maximum absolute atomic E-state index is 12.1. The number of carbonyl (C=O) groups is 1. The van der Waals surface area contributed by atoms with Crippen molar-refractivity contribution in [3.63, 3.8) is 0 Å². The SMILES string of the molecule is O=C(CCSc1ccccc1)N[C@H]1CCc2ccccc21. The van der Waals surface area contributed by atoms with Crippen molar-refractivity contribution in [3.8, 4) is 0 Å². The van der Waals surface area contributed by atoms with Crippen molar-refractivity contribution >= 4 is 17.7 Å². The molecular formula is C18H19NOS. The summed E-state index contributed by atoms with van der Waals surface area (Å²) in [5, 5.41) is 3.17. The second-order valence-electron chi connectivity index (χ2n) is 5.27. The summed E-state index contributed by atoms with van der Waals surface area (Å²) >= 11 is 1.73. The van der Waals surface area contributed by atoms with Crippen LogP contribution < -0.4 is 5.32 Å². The minimum absolute atomic E-state index is 0.153. The summed E-state index contributed by atoms with van der Waals surface area (Å²) in [5.41, 5.74) is 2.67. The van der Waals surface area contributed by atoms with Gasteiger partial charge >= 0.3 is 0 Å². The lowest BCUT2D eigenvalue weighted by Gasteiger charge is -2.14. The topological polar surface area (TPSA) is 29.1 Å². The highest BCUT2D eigenvalue weighted by atomic mass is 32.2. The smallest absolute Gasteiger partial charge is 0.221 e. The Morgan fingerprint density at radius 1 is 1.10 bits per heavy atom. The first-order chi connectivity index (χ1) is 10.3. The molecule has 1 aliphatic carbocycles. The minimum atomic E-state index is 0.153. The van der Waals surface area contributed by atoms with Crippen LogP contribution in [0.3, 0.4) is 0 Å². The fourth-order valence-electron chi connectivity index (χ4n) is 2.75. The number of nitrogens with one attached hydrogen (secondary N) is 1. The van der Waals surface area contributed by atoms with E-state index in [4.69, 9.17) is 0 Å². The van der Waals surface area contributed by atoms with E-state index in [1.165, 1.54) is 16.0 Å². The summed E-state index contributed by atoms with van der Waals surface area (Å²) in [4.78, 5) is 13.3. The molecule has 1 amide bonds. The molecule has 0 heterocycles. The van der Waals surface area contributed by atoms with E-state index in [2.05, 4.69) is 41.7 Å². The van der Waals surface area contributed by atoms with Crippen LogP contribution in [0, 0.1) is 0 Å². The van der Waals surface area contributed by atoms with Gasteiger partial charge in [0.15, 0.2) is 0 Å². The summed E-state index contributed by atoms with van der Waals surface area (Å²) in [6, 6.07) is 18.8. The van der Waals surface area contributed by atoms with Crippen LogP contribution in [0.2, 0.25) is 0 Å². The second kappa shape index (κ2) is 6.81. The number of carbonyl (C=O) groups excluding carboxylic acids is 1. The standard InChI is InChI=1S/C18H19NOS/c20-18(12-13-21-15-7-2-1-3-8-15)19-17-11-10-14-6-4-5-9-16(14)17/h1-9,17H,10-13H2,(H,19,20)/t17-/m0/s1. The summed E-state index contributed by atoms with van der Waals surface area (Å²) in [6.07, 6.45) is 2.66. The first-order valence-corrected chi connectivity index (χ1v) is 8.36. The third-order valence-electron chi connectivity index (χ3n) is 3.81. The lowest BCUT2D eigenvalue weighted by Crippen LogP contribution is -2.27. The van der Waals surface area contributed by atoms with Gasteiger partial charge in [0.2, 0.25) is 5.91 Å². The molecule has 0 aromatic heterocycles. The van der Waals surface area contributed by atoms with Crippen LogP contribution in [0.5, 0.6) is 0 Å². The zero-order chi connectivity index (χ0) is 14.5. The van der Waals surface area contributed by atoms with Gasteiger partial charge in [0, 0.05) is 17.1 Å². The van der Waals surface area contributed by atoms with E-state index in [9.17, 15) is 4.79 Å². The van der Waals surface area contributed by atoms with Crippen LogP contribution in [-0.2, 0) is 11.2 Å². The van der Waals surface area contributed by atoms with Crippen molar-refractivity contribution in [2.75, 3.05) is 5.75 Å². The molecule has 108 valence electrons. The number of amides is 1. The van der Waals surface area contributed by atoms with Crippen molar-refractivity contribution in [1.82, 2.24) is 5.32 Å². The highest BCUT2D eigenvalue weighted by molar-refractivity contribution is 7.99. The van der Waals surface area contributed by atoms with E-state index in [0.29, 0.717) is 6.42 Å². The average molecular weight is 297 g/mol. The van der Waals surface area contributed by atoms with E-state index in [0.717, 1.165) is 18.6 Å². The van der Waals surface area contributed by atoms with Crippen molar-refractivity contribution < 1.29 is 4.79 Å². The Balaban J connectivity index is 1.47. The number of fused-ring (bicyclic) bond motifs is 1. The maximum Gasteiger partial charge on any atom is 0.221 e. The molecule has 1 N–H and O–H groups in total. The third kappa shape index (κ3) is 3.67. The molecule has 21 heavy (non-hydrogen) atoms. The first-order valence-electron chi connectivity index (χ1n) is 7.38. The summed E-state index contributed by atoms with van der Waals surface area (Å²) in [7, 11) is 0. The highest BCUT2D eigenvalue weighted by Gasteiger charge is 2.22. The van der Waals surface area contributed by atoms with Crippen LogP contribution in [-0.4, -0.2) is 11.7 Å². The lowest BCUT2D eigenvalue weighted by atomic mass is 10.1. The molecule has 3 heteroatoms. The van der Waals surface area contributed by atoms with Gasteiger partial charge in [-0.15, -0.1) is 11.8 Å². The Bertz CT molecular complexity index is 612. The van der Waals surface area contributed by atoms with Crippen LogP contribution >= 0.6 is 11.8 Å². The molecule has 2 aromatic carbocycles. The van der Waals surface area contributed by atoms with Crippen LogP contribution in [0.4, 0.5) is 0 Å². The zero-order valence-electron chi connectivity index (χ0n) is 11.9. The van der Waals surface area contributed by atoms with Crippen LogP contribution in [0.1, 0.15) is 30.0 Å². The Hall–Kier alpha value is -1.74. The number of thioether (sulfide) groups is 1. The predicted octanol–water partition coefficient (Wildman–Crippen LogP) is 3.97. The van der Waals surface area contributed by atoms with Crippen LogP contribution in [0.15, 0.2) is 59.5 Å². The Morgan fingerprint density at radius 3 is 2.71 bits per heavy atom. The van der Waals surface area contributed by atoms with Crippen molar-refractivity contribution in [2.24, 2.45) is 0 Å². The van der Waals surface area contributed by atoms with E-state index < -0.39 is 0 Å². The quantitative estimate of drug-likeness (QED) is 0.846. The van der Waals surface area contributed by atoms with Gasteiger partial charge in [-0.3, -0.25) is 4.79 Å². The van der Waals surface area contributed by atoms with Crippen LogP contribution in [0.25, 0.3) is 0 Å². The van der Waals surface area contributed by atoms with Crippen molar-refractivity contribution in [3.05, 3.63) is 65.7 Å². The molecule has 0 unspecified atom stereocenters. The molecule has 1 atom stereocenters. The van der Waals surface area contributed by atoms with E-state index in [1.54, 1.807) is 11.8 Å². The predicted molar refractivity (Wildman–Crippen MR) is 87.4 cm³/mol. The van der Waals surface area contributed by atoms with Crippen molar-refractivity contribution in [1.29, 1.82) is 0 Å². The fourth-order valence-corrected chi connectivity index (χ4v) is 3.62. The van der Waals surface area contributed by atoms with Crippen molar-refractivity contribution in [2.45, 2.75) is 30.2 Å². The molecule has 0 radical (unpaired) electrons. The molecule has 2 nitrogen and oxygen atoms in total. The average Bonchev–Trinajstić information content (AvgIpc) is 2.92. The zero-order valence-corrected chi connectivity index (χ0v) is 12.7. The molecule has 3 rings (SSSR count). The monoisotopic (exact) mass is 297 g/mol. The first kappa shape index (κ1) is 14.2. The molecule has 0 spiro atoms. The highest BCUT2D eigenvalue weighted by Crippen LogP contribution is 2.30. The van der Waals surface area contributed by atoms with Gasteiger partial charge in [0.1, 0.15) is 0 Å². The molecule has 0 aliphatic heterocycles. The van der Waals surface area contributed by atoms with Gasteiger partial charge in [-0.2, -0.15) is 0 Å². The van der Waals surface area contributed by atoms with E-state index >= 15 is 0 Å². The fraction of sp³-hybridized carbons (Fsp3) is 0.278. The molecular weight excluding hydrogens is 278 g/mol. The van der Waals surface area contributed by atoms with E-state index in [1.807, 2.05) is 18.2 Å². The van der Waals surface area contributed by atoms with Gasteiger partial charge in [-0.05, 0) is 36.1 Å². The maximum atomic E-state index is 12.1. The largest absolute Gasteiger partial charge is 0.349 e. The van der Waals surface area contributed by atoms with Gasteiger partial charge in [0.05, 0.1) is 6.04 Å². The molecule has 1 aliphatic rings. The number of rotatable bonds is 5. The summed E-state index contributed by atoms with van der Waals surface area (Å²) in [6.45, 7) is 0. The number of hydrogen-bond acceptors (Lipinski definition) is 2. The number of benzene rings is 2. The van der Waals surface area contributed by atoms with Gasteiger partial charge < -0.3 is 5.32 Å². The van der Waals surface area contributed by atoms with Gasteiger partial charge in [0.25, 0.3) is 0 Å². The molecule has 0 fully saturated rings. The van der Waals surface area contributed by atoms with E-state index in [-0.39, 0.29) is 11.9 Å². The lowest BCUT2D eigenvalue weighted by molar-refractivity contribution is -0.121. The van der Waals surface area contributed by atoms with Gasteiger partial charge in [-0.25, -0.2) is 0 Å².